The van der Waals surface area contributed by atoms with Crippen molar-refractivity contribution in [1.82, 2.24) is 9.97 Å². The van der Waals surface area contributed by atoms with Crippen LogP contribution in [0.5, 0.6) is 11.5 Å². The predicted octanol–water partition coefficient (Wildman–Crippen LogP) is 2.77. The molecule has 0 atom stereocenters. The lowest BCUT2D eigenvalue weighted by Gasteiger charge is -2.11. The zero-order valence-corrected chi connectivity index (χ0v) is 12.5. The molecule has 0 aliphatic carbocycles. The van der Waals surface area contributed by atoms with E-state index in [1.807, 2.05) is 18.2 Å². The summed E-state index contributed by atoms with van der Waals surface area (Å²) in [5.41, 5.74) is 6.63. The van der Waals surface area contributed by atoms with Crippen molar-refractivity contribution in [3.63, 3.8) is 0 Å². The lowest BCUT2D eigenvalue weighted by molar-refractivity contribution is 0.395. The minimum atomic E-state index is 0.450. The number of rotatable bonds is 6. The van der Waals surface area contributed by atoms with Crippen LogP contribution in [0.4, 0.5) is 17.3 Å². The molecule has 0 saturated carbocycles. The molecule has 0 spiro atoms. The molecular formula is C15H20N4O2. The molecule has 6 heteroatoms. The lowest BCUT2D eigenvalue weighted by atomic mass is 10.2. The van der Waals surface area contributed by atoms with Crippen LogP contribution in [0, 0.1) is 0 Å². The standard InChI is InChI=1S/C15H20N4O2/c1-4-5-14-18-13(16)9-15(19-14)17-10-6-11(20-2)8-12(7-10)21-3/h6-9H,4-5H2,1-3H3,(H3,16,17,18,19). The highest BCUT2D eigenvalue weighted by Crippen LogP contribution is 2.27. The first-order chi connectivity index (χ1) is 10.1. The molecule has 0 bridgehead atoms. The highest BCUT2D eigenvalue weighted by atomic mass is 16.5. The summed E-state index contributed by atoms with van der Waals surface area (Å²) in [6.07, 6.45) is 1.76. The summed E-state index contributed by atoms with van der Waals surface area (Å²) < 4.78 is 10.5. The Morgan fingerprint density at radius 2 is 1.71 bits per heavy atom. The second kappa shape index (κ2) is 6.78. The van der Waals surface area contributed by atoms with E-state index < -0.39 is 0 Å². The van der Waals surface area contributed by atoms with Crippen LogP contribution < -0.4 is 20.5 Å². The Morgan fingerprint density at radius 1 is 1.05 bits per heavy atom. The van der Waals surface area contributed by atoms with Crippen LogP contribution in [0.15, 0.2) is 24.3 Å². The van der Waals surface area contributed by atoms with Crippen LogP contribution in [0.1, 0.15) is 19.2 Å². The first-order valence-electron chi connectivity index (χ1n) is 6.78. The molecule has 0 saturated heterocycles. The third kappa shape index (κ3) is 3.98. The maximum Gasteiger partial charge on any atom is 0.136 e. The monoisotopic (exact) mass is 288 g/mol. The number of nitrogens with one attached hydrogen (secondary N) is 1. The van der Waals surface area contributed by atoms with E-state index in [0.29, 0.717) is 23.1 Å². The van der Waals surface area contributed by atoms with E-state index in [-0.39, 0.29) is 0 Å². The van der Waals surface area contributed by atoms with Gasteiger partial charge in [-0.15, -0.1) is 0 Å². The van der Waals surface area contributed by atoms with Gasteiger partial charge in [-0.1, -0.05) is 6.92 Å². The van der Waals surface area contributed by atoms with Crippen LogP contribution in [0.3, 0.4) is 0 Å². The summed E-state index contributed by atoms with van der Waals surface area (Å²) in [5, 5.41) is 3.20. The van der Waals surface area contributed by atoms with Crippen LogP contribution in [0.25, 0.3) is 0 Å². The van der Waals surface area contributed by atoms with Gasteiger partial charge in [0.25, 0.3) is 0 Å². The molecule has 0 aliphatic heterocycles. The van der Waals surface area contributed by atoms with E-state index >= 15 is 0 Å². The Bertz CT molecular complexity index is 594. The van der Waals surface area contributed by atoms with E-state index in [0.717, 1.165) is 24.4 Å². The number of aromatic nitrogens is 2. The molecule has 0 unspecified atom stereocenters. The first kappa shape index (κ1) is 14.9. The van der Waals surface area contributed by atoms with Gasteiger partial charge < -0.3 is 20.5 Å². The van der Waals surface area contributed by atoms with E-state index in [2.05, 4.69) is 22.2 Å². The van der Waals surface area contributed by atoms with Crippen LogP contribution >= 0.6 is 0 Å². The van der Waals surface area contributed by atoms with Crippen molar-refractivity contribution < 1.29 is 9.47 Å². The fourth-order valence-corrected chi connectivity index (χ4v) is 1.94. The molecule has 0 radical (unpaired) electrons. The first-order valence-corrected chi connectivity index (χ1v) is 6.78. The Balaban J connectivity index is 2.28. The summed E-state index contributed by atoms with van der Waals surface area (Å²) in [4.78, 5) is 8.66. The third-order valence-electron chi connectivity index (χ3n) is 2.89. The Kier molecular flexibility index (Phi) is 4.81. The minimum absolute atomic E-state index is 0.450. The average molecular weight is 288 g/mol. The second-order valence-electron chi connectivity index (χ2n) is 4.57. The molecule has 0 amide bonds. The highest BCUT2D eigenvalue weighted by Gasteiger charge is 2.06. The largest absolute Gasteiger partial charge is 0.497 e. The van der Waals surface area contributed by atoms with Crippen molar-refractivity contribution in [2.24, 2.45) is 0 Å². The van der Waals surface area contributed by atoms with Crippen molar-refractivity contribution in [3.8, 4) is 11.5 Å². The number of hydrogen-bond donors (Lipinski definition) is 2. The van der Waals surface area contributed by atoms with Crippen molar-refractivity contribution in [2.45, 2.75) is 19.8 Å². The Hall–Kier alpha value is -2.50. The maximum atomic E-state index is 5.81. The number of methoxy groups -OCH3 is 2. The summed E-state index contributed by atoms with van der Waals surface area (Å²) in [5.74, 6) is 3.24. The summed E-state index contributed by atoms with van der Waals surface area (Å²) in [7, 11) is 3.22. The molecule has 1 aromatic carbocycles. The number of nitrogens with two attached hydrogens (primary N) is 1. The van der Waals surface area contributed by atoms with Gasteiger partial charge in [0.05, 0.1) is 14.2 Å². The number of hydrogen-bond acceptors (Lipinski definition) is 6. The maximum absolute atomic E-state index is 5.81. The average Bonchev–Trinajstić information content (AvgIpc) is 2.46. The second-order valence-corrected chi connectivity index (χ2v) is 4.57. The molecule has 1 heterocycles. The molecule has 112 valence electrons. The van der Waals surface area contributed by atoms with Crippen molar-refractivity contribution in [2.75, 3.05) is 25.3 Å². The zero-order chi connectivity index (χ0) is 15.2. The van der Waals surface area contributed by atoms with Gasteiger partial charge in [0, 0.05) is 36.4 Å². The van der Waals surface area contributed by atoms with Gasteiger partial charge in [-0.05, 0) is 6.42 Å². The fraction of sp³-hybridized carbons (Fsp3) is 0.333. The van der Waals surface area contributed by atoms with Gasteiger partial charge in [-0.25, -0.2) is 9.97 Å². The normalized spacial score (nSPS) is 10.2. The van der Waals surface area contributed by atoms with Gasteiger partial charge in [0.2, 0.25) is 0 Å². The number of nitrogen functional groups attached to an aromatic ring is 1. The molecule has 2 aromatic rings. The SMILES string of the molecule is CCCc1nc(N)cc(Nc2cc(OC)cc(OC)c2)n1. The molecule has 1 aromatic heterocycles. The van der Waals surface area contributed by atoms with Gasteiger partial charge in [-0.2, -0.15) is 0 Å². The molecular weight excluding hydrogens is 268 g/mol. The van der Waals surface area contributed by atoms with Crippen molar-refractivity contribution >= 4 is 17.3 Å². The lowest BCUT2D eigenvalue weighted by Crippen LogP contribution is -2.03. The van der Waals surface area contributed by atoms with Gasteiger partial charge in [-0.3, -0.25) is 0 Å². The van der Waals surface area contributed by atoms with E-state index in [1.54, 1.807) is 20.3 Å². The molecule has 0 fully saturated rings. The van der Waals surface area contributed by atoms with Crippen LogP contribution in [-0.2, 0) is 6.42 Å². The van der Waals surface area contributed by atoms with E-state index in [9.17, 15) is 0 Å². The Labute approximate surface area is 124 Å². The minimum Gasteiger partial charge on any atom is -0.497 e. The molecule has 3 N–H and O–H groups in total. The van der Waals surface area contributed by atoms with Gasteiger partial charge >= 0.3 is 0 Å². The number of benzene rings is 1. The van der Waals surface area contributed by atoms with Crippen molar-refractivity contribution in [3.05, 3.63) is 30.1 Å². The molecule has 21 heavy (non-hydrogen) atoms. The number of ether oxygens (including phenoxy) is 2. The van der Waals surface area contributed by atoms with Crippen LogP contribution in [0.2, 0.25) is 0 Å². The molecule has 0 aliphatic rings. The van der Waals surface area contributed by atoms with Gasteiger partial charge in [0.15, 0.2) is 0 Å². The fourth-order valence-electron chi connectivity index (χ4n) is 1.94. The highest BCUT2D eigenvalue weighted by molar-refractivity contribution is 5.62. The molecule has 2 rings (SSSR count). The van der Waals surface area contributed by atoms with Crippen molar-refractivity contribution in [1.29, 1.82) is 0 Å². The summed E-state index contributed by atoms with van der Waals surface area (Å²) in [6.45, 7) is 2.08. The summed E-state index contributed by atoms with van der Waals surface area (Å²) in [6, 6.07) is 7.23. The number of nitrogens with zero attached hydrogens (tertiary/aromatic N) is 2. The zero-order valence-electron chi connectivity index (χ0n) is 12.5. The third-order valence-corrected chi connectivity index (χ3v) is 2.89. The van der Waals surface area contributed by atoms with Gasteiger partial charge in [0.1, 0.15) is 29.0 Å². The Morgan fingerprint density at radius 3 is 2.29 bits per heavy atom. The van der Waals surface area contributed by atoms with E-state index in [1.165, 1.54) is 0 Å². The topological polar surface area (TPSA) is 82.3 Å². The van der Waals surface area contributed by atoms with E-state index in [4.69, 9.17) is 15.2 Å². The van der Waals surface area contributed by atoms with Crippen LogP contribution in [-0.4, -0.2) is 24.2 Å². The number of anilines is 3. The molecule has 6 nitrogen and oxygen atoms in total. The number of aryl methyl sites for hydroxylation is 1. The summed E-state index contributed by atoms with van der Waals surface area (Å²) >= 11 is 0. The quantitative estimate of drug-likeness (QED) is 0.850. The predicted molar refractivity (Wildman–Crippen MR) is 83.3 cm³/mol. The smallest absolute Gasteiger partial charge is 0.136 e.